The smallest absolute Gasteiger partial charge is 0.312 e. The molecular formula is C12H19F3N2O2S2. The minimum atomic E-state index is -4.40. The standard InChI is InChI=1S/C12H19F3N2O2S2/c1-3-5-16-8-10-11(4-6-20-10)21(18,19)17-9(2)7-12(13,14)15/h4,6,9,16-17H,3,5,7-8H2,1-2H3. The van der Waals surface area contributed by atoms with Gasteiger partial charge in [-0.25, -0.2) is 13.1 Å². The van der Waals surface area contributed by atoms with E-state index in [0.29, 0.717) is 11.4 Å². The summed E-state index contributed by atoms with van der Waals surface area (Å²) in [6.45, 7) is 4.32. The van der Waals surface area contributed by atoms with Crippen LogP contribution in [0, 0.1) is 0 Å². The molecule has 1 heterocycles. The second-order valence-corrected chi connectivity index (χ2v) is 7.41. The third-order valence-electron chi connectivity index (χ3n) is 2.60. The van der Waals surface area contributed by atoms with E-state index in [2.05, 4.69) is 10.0 Å². The fraction of sp³-hybridized carbons (Fsp3) is 0.667. The normalized spacial score (nSPS) is 14.3. The zero-order valence-electron chi connectivity index (χ0n) is 11.8. The lowest BCUT2D eigenvalue weighted by Gasteiger charge is -2.16. The molecule has 0 spiro atoms. The first kappa shape index (κ1) is 18.4. The summed E-state index contributed by atoms with van der Waals surface area (Å²) in [5.41, 5.74) is 0. The zero-order chi connectivity index (χ0) is 16.1. The van der Waals surface area contributed by atoms with E-state index in [0.717, 1.165) is 13.0 Å². The average molecular weight is 344 g/mol. The molecule has 0 aliphatic carbocycles. The van der Waals surface area contributed by atoms with Crippen LogP contribution < -0.4 is 10.0 Å². The van der Waals surface area contributed by atoms with Gasteiger partial charge in [0.2, 0.25) is 10.0 Å². The van der Waals surface area contributed by atoms with Gasteiger partial charge in [-0.05, 0) is 31.3 Å². The maximum Gasteiger partial charge on any atom is 0.390 e. The van der Waals surface area contributed by atoms with E-state index in [4.69, 9.17) is 0 Å². The maximum atomic E-state index is 12.3. The van der Waals surface area contributed by atoms with Crippen LogP contribution in [0.1, 0.15) is 31.6 Å². The van der Waals surface area contributed by atoms with Crippen molar-refractivity contribution < 1.29 is 21.6 Å². The molecule has 0 saturated carbocycles. The van der Waals surface area contributed by atoms with Crippen molar-refractivity contribution in [3.8, 4) is 0 Å². The lowest BCUT2D eigenvalue weighted by molar-refractivity contribution is -0.137. The highest BCUT2D eigenvalue weighted by Crippen LogP contribution is 2.25. The van der Waals surface area contributed by atoms with Crippen LogP contribution in [-0.4, -0.2) is 27.2 Å². The minimum absolute atomic E-state index is 0.0464. The van der Waals surface area contributed by atoms with Gasteiger partial charge in [0.05, 0.1) is 11.3 Å². The third kappa shape index (κ3) is 6.33. The largest absolute Gasteiger partial charge is 0.390 e. The molecule has 21 heavy (non-hydrogen) atoms. The molecule has 0 amide bonds. The van der Waals surface area contributed by atoms with Crippen LogP contribution in [0.3, 0.4) is 0 Å². The second-order valence-electron chi connectivity index (χ2n) is 4.73. The first-order valence-corrected chi connectivity index (χ1v) is 8.88. The van der Waals surface area contributed by atoms with E-state index < -0.39 is 28.7 Å². The van der Waals surface area contributed by atoms with Gasteiger partial charge in [-0.1, -0.05) is 6.92 Å². The summed E-state index contributed by atoms with van der Waals surface area (Å²) in [5.74, 6) is 0. The number of nitrogens with one attached hydrogen (secondary N) is 2. The van der Waals surface area contributed by atoms with E-state index in [1.807, 2.05) is 6.92 Å². The lowest BCUT2D eigenvalue weighted by atomic mass is 10.2. The summed E-state index contributed by atoms with van der Waals surface area (Å²) in [5, 5.41) is 4.70. The van der Waals surface area contributed by atoms with E-state index >= 15 is 0 Å². The minimum Gasteiger partial charge on any atom is -0.312 e. The van der Waals surface area contributed by atoms with Crippen molar-refractivity contribution in [2.75, 3.05) is 6.54 Å². The van der Waals surface area contributed by atoms with Crippen molar-refractivity contribution in [1.82, 2.24) is 10.0 Å². The Morgan fingerprint density at radius 1 is 1.38 bits per heavy atom. The fourth-order valence-corrected chi connectivity index (χ4v) is 4.45. The van der Waals surface area contributed by atoms with Crippen molar-refractivity contribution in [1.29, 1.82) is 0 Å². The Labute approximate surface area is 126 Å². The number of rotatable bonds is 8. The van der Waals surface area contributed by atoms with E-state index in [1.54, 1.807) is 5.38 Å². The quantitative estimate of drug-likeness (QED) is 0.713. The SMILES string of the molecule is CCCNCc1sccc1S(=O)(=O)NC(C)CC(F)(F)F. The predicted molar refractivity (Wildman–Crippen MR) is 76.8 cm³/mol. The summed E-state index contributed by atoms with van der Waals surface area (Å²) in [4.78, 5) is 0.639. The summed E-state index contributed by atoms with van der Waals surface area (Å²) < 4.78 is 63.2. The summed E-state index contributed by atoms with van der Waals surface area (Å²) >= 11 is 1.26. The number of thiophene rings is 1. The van der Waals surface area contributed by atoms with Gasteiger partial charge in [0.15, 0.2) is 0 Å². The van der Waals surface area contributed by atoms with Gasteiger partial charge >= 0.3 is 6.18 Å². The highest BCUT2D eigenvalue weighted by Gasteiger charge is 2.32. The Balaban J connectivity index is 2.77. The van der Waals surface area contributed by atoms with Gasteiger partial charge in [0.1, 0.15) is 0 Å². The molecule has 9 heteroatoms. The molecule has 0 radical (unpaired) electrons. The maximum absolute atomic E-state index is 12.3. The van der Waals surface area contributed by atoms with Gasteiger partial charge in [-0.2, -0.15) is 13.2 Å². The molecule has 1 rings (SSSR count). The molecule has 122 valence electrons. The Morgan fingerprint density at radius 3 is 2.62 bits per heavy atom. The van der Waals surface area contributed by atoms with Crippen LogP contribution in [-0.2, 0) is 16.6 Å². The van der Waals surface area contributed by atoms with Crippen LogP contribution in [0.15, 0.2) is 16.3 Å². The molecule has 1 unspecified atom stereocenters. The number of sulfonamides is 1. The molecular weight excluding hydrogens is 325 g/mol. The zero-order valence-corrected chi connectivity index (χ0v) is 13.5. The average Bonchev–Trinajstić information content (AvgIpc) is 2.74. The first-order chi connectivity index (χ1) is 9.65. The van der Waals surface area contributed by atoms with Crippen molar-refractivity contribution >= 4 is 21.4 Å². The Morgan fingerprint density at radius 2 is 2.05 bits per heavy atom. The molecule has 1 aromatic heterocycles. The molecule has 4 nitrogen and oxygen atoms in total. The van der Waals surface area contributed by atoms with Crippen LogP contribution in [0.25, 0.3) is 0 Å². The van der Waals surface area contributed by atoms with Gasteiger partial charge in [-0.3, -0.25) is 0 Å². The molecule has 2 N–H and O–H groups in total. The molecule has 0 aliphatic heterocycles. The molecule has 1 aromatic rings. The van der Waals surface area contributed by atoms with Crippen LogP contribution in [0.5, 0.6) is 0 Å². The molecule has 0 fully saturated rings. The summed E-state index contributed by atoms with van der Waals surface area (Å²) in [6, 6.07) is 0.211. The predicted octanol–water partition coefficient (Wildman–Crippen LogP) is 2.87. The molecule has 0 saturated heterocycles. The first-order valence-electron chi connectivity index (χ1n) is 6.52. The van der Waals surface area contributed by atoms with Gasteiger partial charge < -0.3 is 5.32 Å². The van der Waals surface area contributed by atoms with E-state index in [1.165, 1.54) is 24.3 Å². The molecule has 0 aromatic carbocycles. The number of halogens is 3. The monoisotopic (exact) mass is 344 g/mol. The van der Waals surface area contributed by atoms with Crippen molar-refractivity contribution in [3.63, 3.8) is 0 Å². The summed E-state index contributed by atoms with van der Waals surface area (Å²) in [7, 11) is -3.94. The van der Waals surface area contributed by atoms with E-state index in [-0.39, 0.29) is 4.90 Å². The summed E-state index contributed by atoms with van der Waals surface area (Å²) in [6.07, 6.45) is -4.68. The molecule has 0 bridgehead atoms. The highest BCUT2D eigenvalue weighted by molar-refractivity contribution is 7.89. The van der Waals surface area contributed by atoms with Gasteiger partial charge in [-0.15, -0.1) is 11.3 Å². The number of hydrogen-bond donors (Lipinski definition) is 2. The molecule has 1 atom stereocenters. The Kier molecular flexibility index (Phi) is 6.64. The van der Waals surface area contributed by atoms with E-state index in [9.17, 15) is 21.6 Å². The van der Waals surface area contributed by atoms with Crippen molar-refractivity contribution in [2.24, 2.45) is 0 Å². The second kappa shape index (κ2) is 7.57. The third-order valence-corrected chi connectivity index (χ3v) is 5.32. The van der Waals surface area contributed by atoms with Gasteiger partial charge in [0.25, 0.3) is 0 Å². The number of hydrogen-bond acceptors (Lipinski definition) is 4. The topological polar surface area (TPSA) is 58.2 Å². The molecule has 0 aliphatic rings. The lowest BCUT2D eigenvalue weighted by Crippen LogP contribution is -2.36. The fourth-order valence-electron chi connectivity index (χ4n) is 1.79. The van der Waals surface area contributed by atoms with Crippen LogP contribution in [0.2, 0.25) is 0 Å². The number of alkyl halides is 3. The van der Waals surface area contributed by atoms with Crippen molar-refractivity contribution in [3.05, 3.63) is 16.3 Å². The van der Waals surface area contributed by atoms with Gasteiger partial charge in [0, 0.05) is 17.5 Å². The van der Waals surface area contributed by atoms with Crippen LogP contribution in [0.4, 0.5) is 13.2 Å². The van der Waals surface area contributed by atoms with Crippen molar-refractivity contribution in [2.45, 2.75) is 50.3 Å². The Bertz CT molecular complexity index is 541. The van der Waals surface area contributed by atoms with Crippen LogP contribution >= 0.6 is 11.3 Å². The highest BCUT2D eigenvalue weighted by atomic mass is 32.2. The Hall–Kier alpha value is -0.640.